The molecular formula is C10H12ClNO4. The van der Waals surface area contributed by atoms with E-state index in [0.29, 0.717) is 30.3 Å². The van der Waals surface area contributed by atoms with Crippen molar-refractivity contribution >= 4 is 11.6 Å². The molecule has 0 aromatic heterocycles. The van der Waals surface area contributed by atoms with Crippen LogP contribution in [0.15, 0.2) is 6.07 Å². The monoisotopic (exact) mass is 245 g/mol. The van der Waals surface area contributed by atoms with Crippen molar-refractivity contribution in [2.75, 3.05) is 19.8 Å². The molecule has 0 saturated heterocycles. The van der Waals surface area contributed by atoms with E-state index in [4.69, 9.17) is 31.9 Å². The Labute approximate surface area is 97.3 Å². The van der Waals surface area contributed by atoms with Gasteiger partial charge in [-0.3, -0.25) is 0 Å². The highest BCUT2D eigenvalue weighted by Gasteiger charge is 2.25. The van der Waals surface area contributed by atoms with Crippen LogP contribution in [0.5, 0.6) is 17.2 Å². The molecule has 2 rings (SSSR count). The first-order valence-electron chi connectivity index (χ1n) is 4.82. The summed E-state index contributed by atoms with van der Waals surface area (Å²) in [4.78, 5) is 0. The number of ether oxygens (including phenoxy) is 2. The van der Waals surface area contributed by atoms with Crippen molar-refractivity contribution in [2.45, 2.75) is 6.04 Å². The molecule has 1 aromatic rings. The molecular weight excluding hydrogens is 234 g/mol. The SMILES string of the molecule is NC(CO)c1c(Cl)c(O)cc2c1OCCO2. The number of phenolic OH excluding ortho intramolecular Hbond substituents is 1. The van der Waals surface area contributed by atoms with Gasteiger partial charge in [-0.1, -0.05) is 11.6 Å². The highest BCUT2D eigenvalue weighted by molar-refractivity contribution is 6.33. The lowest BCUT2D eigenvalue weighted by Gasteiger charge is -2.24. The van der Waals surface area contributed by atoms with Crippen LogP contribution in [0.1, 0.15) is 11.6 Å². The molecule has 5 nitrogen and oxygen atoms in total. The normalized spacial score (nSPS) is 15.9. The van der Waals surface area contributed by atoms with Gasteiger partial charge in [-0.25, -0.2) is 0 Å². The molecule has 6 heteroatoms. The summed E-state index contributed by atoms with van der Waals surface area (Å²) in [7, 11) is 0. The summed E-state index contributed by atoms with van der Waals surface area (Å²) < 4.78 is 10.7. The minimum atomic E-state index is -0.713. The molecule has 0 bridgehead atoms. The molecule has 0 spiro atoms. The first kappa shape index (κ1) is 11.3. The minimum absolute atomic E-state index is 0.0887. The van der Waals surface area contributed by atoms with E-state index in [9.17, 15) is 5.11 Å². The predicted molar refractivity (Wildman–Crippen MR) is 58.1 cm³/mol. The van der Waals surface area contributed by atoms with Crippen LogP contribution in [0, 0.1) is 0 Å². The van der Waals surface area contributed by atoms with Crippen molar-refractivity contribution in [1.29, 1.82) is 0 Å². The number of rotatable bonds is 2. The molecule has 0 amide bonds. The van der Waals surface area contributed by atoms with Crippen LogP contribution in [-0.4, -0.2) is 30.0 Å². The average molecular weight is 246 g/mol. The number of hydrogen-bond donors (Lipinski definition) is 3. The zero-order chi connectivity index (χ0) is 11.7. The zero-order valence-electron chi connectivity index (χ0n) is 8.44. The maximum absolute atomic E-state index is 9.60. The lowest BCUT2D eigenvalue weighted by atomic mass is 10.1. The fraction of sp³-hybridized carbons (Fsp3) is 0.400. The number of benzene rings is 1. The Bertz CT molecular complexity index is 410. The van der Waals surface area contributed by atoms with Gasteiger partial charge < -0.3 is 25.4 Å². The van der Waals surface area contributed by atoms with Crippen LogP contribution < -0.4 is 15.2 Å². The molecule has 88 valence electrons. The topological polar surface area (TPSA) is 84.9 Å². The Morgan fingerprint density at radius 1 is 1.44 bits per heavy atom. The molecule has 0 saturated carbocycles. The molecule has 0 aliphatic carbocycles. The maximum atomic E-state index is 9.60. The Hall–Kier alpha value is -1.17. The number of hydrogen-bond acceptors (Lipinski definition) is 5. The standard InChI is InChI=1S/C10H12ClNO4/c11-9-6(14)3-7-10(16-2-1-15-7)8(9)5(12)4-13/h3,5,13-14H,1-2,4,12H2. The van der Waals surface area contributed by atoms with E-state index in [1.165, 1.54) is 6.07 Å². The van der Waals surface area contributed by atoms with E-state index in [2.05, 4.69) is 0 Å². The van der Waals surface area contributed by atoms with Crippen LogP contribution >= 0.6 is 11.6 Å². The highest BCUT2D eigenvalue weighted by atomic mass is 35.5. The molecule has 4 N–H and O–H groups in total. The first-order chi connectivity index (χ1) is 7.65. The Balaban J connectivity index is 2.59. The zero-order valence-corrected chi connectivity index (χ0v) is 9.20. The Kier molecular flexibility index (Phi) is 3.09. The number of aromatic hydroxyl groups is 1. The van der Waals surface area contributed by atoms with Crippen molar-refractivity contribution in [3.63, 3.8) is 0 Å². The van der Waals surface area contributed by atoms with Gasteiger partial charge in [-0.05, 0) is 0 Å². The van der Waals surface area contributed by atoms with Crippen LogP contribution in [0.3, 0.4) is 0 Å². The predicted octanol–water partition coefficient (Wildman–Crippen LogP) is 0.809. The van der Waals surface area contributed by atoms with Crippen molar-refractivity contribution < 1.29 is 19.7 Å². The van der Waals surface area contributed by atoms with Crippen molar-refractivity contribution in [1.82, 2.24) is 0 Å². The largest absolute Gasteiger partial charge is 0.506 e. The molecule has 0 fully saturated rings. The second-order valence-corrected chi connectivity index (χ2v) is 3.81. The number of phenols is 1. The lowest BCUT2D eigenvalue weighted by Crippen LogP contribution is -2.21. The van der Waals surface area contributed by atoms with E-state index >= 15 is 0 Å². The molecule has 1 atom stereocenters. The second-order valence-electron chi connectivity index (χ2n) is 3.44. The highest BCUT2D eigenvalue weighted by Crippen LogP contribution is 2.45. The van der Waals surface area contributed by atoms with Crippen molar-refractivity contribution in [3.05, 3.63) is 16.7 Å². The number of fused-ring (bicyclic) bond motifs is 1. The fourth-order valence-corrected chi connectivity index (χ4v) is 1.88. The number of aliphatic hydroxyl groups is 1. The number of aliphatic hydroxyl groups excluding tert-OH is 1. The second kappa shape index (κ2) is 4.37. The third kappa shape index (κ3) is 1.77. The van der Waals surface area contributed by atoms with Gasteiger partial charge in [0.15, 0.2) is 11.5 Å². The van der Waals surface area contributed by atoms with Gasteiger partial charge in [0.05, 0.1) is 17.7 Å². The Morgan fingerprint density at radius 2 is 2.12 bits per heavy atom. The van der Waals surface area contributed by atoms with Gasteiger partial charge in [0.1, 0.15) is 19.0 Å². The van der Waals surface area contributed by atoms with E-state index in [-0.39, 0.29) is 17.4 Å². The van der Waals surface area contributed by atoms with Gasteiger partial charge in [0.25, 0.3) is 0 Å². The van der Waals surface area contributed by atoms with Gasteiger partial charge in [0.2, 0.25) is 0 Å². The first-order valence-corrected chi connectivity index (χ1v) is 5.20. The molecule has 1 aliphatic heterocycles. The van der Waals surface area contributed by atoms with Crippen molar-refractivity contribution in [2.24, 2.45) is 5.73 Å². The fourth-order valence-electron chi connectivity index (χ4n) is 1.60. The van der Waals surface area contributed by atoms with Crippen LogP contribution in [0.4, 0.5) is 0 Å². The van der Waals surface area contributed by atoms with E-state index < -0.39 is 6.04 Å². The van der Waals surface area contributed by atoms with Crippen molar-refractivity contribution in [3.8, 4) is 17.2 Å². The summed E-state index contributed by atoms with van der Waals surface area (Å²) in [5.74, 6) is 0.660. The summed E-state index contributed by atoms with van der Waals surface area (Å²) in [6.07, 6.45) is 0. The van der Waals surface area contributed by atoms with E-state index in [0.717, 1.165) is 0 Å². The summed E-state index contributed by atoms with van der Waals surface area (Å²) >= 11 is 5.93. The molecule has 0 radical (unpaired) electrons. The van der Waals surface area contributed by atoms with Gasteiger partial charge in [-0.15, -0.1) is 0 Å². The van der Waals surface area contributed by atoms with Crippen LogP contribution in [0.2, 0.25) is 5.02 Å². The summed E-state index contributed by atoms with van der Waals surface area (Å²) in [6.45, 7) is 0.500. The average Bonchev–Trinajstić information content (AvgIpc) is 2.30. The minimum Gasteiger partial charge on any atom is -0.506 e. The molecule has 1 heterocycles. The molecule has 1 unspecified atom stereocenters. The molecule has 1 aliphatic rings. The smallest absolute Gasteiger partial charge is 0.167 e. The van der Waals surface area contributed by atoms with Crippen LogP contribution in [0.25, 0.3) is 0 Å². The Morgan fingerprint density at radius 3 is 2.81 bits per heavy atom. The molecule has 1 aromatic carbocycles. The quantitative estimate of drug-likeness (QED) is 0.718. The lowest BCUT2D eigenvalue weighted by molar-refractivity contribution is 0.166. The number of halogens is 1. The summed E-state index contributed by atoms with van der Waals surface area (Å²) in [5, 5.41) is 18.7. The summed E-state index contributed by atoms with van der Waals surface area (Å²) in [6, 6.07) is 0.666. The molecule has 16 heavy (non-hydrogen) atoms. The van der Waals surface area contributed by atoms with E-state index in [1.807, 2.05) is 0 Å². The van der Waals surface area contributed by atoms with Crippen LogP contribution in [-0.2, 0) is 0 Å². The third-order valence-corrected chi connectivity index (χ3v) is 2.75. The van der Waals surface area contributed by atoms with Gasteiger partial charge >= 0.3 is 0 Å². The van der Waals surface area contributed by atoms with Gasteiger partial charge in [0, 0.05) is 11.6 Å². The third-order valence-electron chi connectivity index (χ3n) is 2.35. The summed E-state index contributed by atoms with van der Waals surface area (Å²) in [5.41, 5.74) is 6.08. The number of nitrogens with two attached hydrogens (primary N) is 1. The van der Waals surface area contributed by atoms with E-state index in [1.54, 1.807) is 0 Å². The maximum Gasteiger partial charge on any atom is 0.167 e. The van der Waals surface area contributed by atoms with Gasteiger partial charge in [-0.2, -0.15) is 0 Å².